The van der Waals surface area contributed by atoms with Gasteiger partial charge >= 0.3 is 0 Å². The summed E-state index contributed by atoms with van der Waals surface area (Å²) in [6.45, 7) is 1.04. The van der Waals surface area contributed by atoms with E-state index in [1.807, 2.05) is 5.38 Å². The lowest BCUT2D eigenvalue weighted by Crippen LogP contribution is -2.24. The van der Waals surface area contributed by atoms with Gasteiger partial charge in [0.25, 0.3) is 0 Å². The Balaban J connectivity index is 1.95. The first-order valence-electron chi connectivity index (χ1n) is 4.76. The van der Waals surface area contributed by atoms with Crippen molar-refractivity contribution >= 4 is 28.7 Å². The second-order valence-electron chi connectivity index (χ2n) is 3.56. The van der Waals surface area contributed by atoms with Gasteiger partial charge in [-0.3, -0.25) is 4.79 Å². The van der Waals surface area contributed by atoms with Gasteiger partial charge in [-0.1, -0.05) is 11.6 Å². The number of rotatable bonds is 3. The summed E-state index contributed by atoms with van der Waals surface area (Å²) in [5.41, 5.74) is 0.758. The molecule has 0 saturated carbocycles. The van der Waals surface area contributed by atoms with E-state index in [4.69, 9.17) is 11.6 Å². The van der Waals surface area contributed by atoms with E-state index in [0.29, 0.717) is 16.8 Å². The maximum atomic E-state index is 11.7. The second-order valence-corrected chi connectivity index (χ2v) is 5.10. The monoisotopic (exact) mass is 229 g/mol. The summed E-state index contributed by atoms with van der Waals surface area (Å²) < 4.78 is 0.688. The normalized spacial score (nSPS) is 21.4. The predicted molar refractivity (Wildman–Crippen MR) is 59.3 cm³/mol. The first kappa shape index (κ1) is 10.1. The number of carbonyl (C=O) groups excluding carboxylic acids is 1. The van der Waals surface area contributed by atoms with Gasteiger partial charge in [-0.05, 0) is 25.5 Å². The van der Waals surface area contributed by atoms with Crippen LogP contribution in [0.1, 0.15) is 29.6 Å². The highest BCUT2D eigenvalue weighted by Crippen LogP contribution is 2.22. The highest BCUT2D eigenvalue weighted by Gasteiger charge is 2.18. The Hall–Kier alpha value is -0.380. The van der Waals surface area contributed by atoms with E-state index in [2.05, 4.69) is 5.32 Å². The average Bonchev–Trinajstić information content (AvgIpc) is 2.75. The topological polar surface area (TPSA) is 29.1 Å². The lowest BCUT2D eigenvalue weighted by molar-refractivity contribution is 0.0972. The molecule has 1 aromatic heterocycles. The zero-order valence-electron chi connectivity index (χ0n) is 7.75. The number of carbonyl (C=O) groups is 1. The molecule has 1 aliphatic rings. The van der Waals surface area contributed by atoms with E-state index in [9.17, 15) is 4.79 Å². The molecule has 2 nitrogen and oxygen atoms in total. The zero-order valence-corrected chi connectivity index (χ0v) is 9.33. The third kappa shape index (κ3) is 2.35. The van der Waals surface area contributed by atoms with Crippen LogP contribution in [0.25, 0.3) is 0 Å². The summed E-state index contributed by atoms with van der Waals surface area (Å²) in [7, 11) is 0. The minimum Gasteiger partial charge on any atom is -0.314 e. The third-order valence-corrected chi connectivity index (χ3v) is 3.57. The van der Waals surface area contributed by atoms with Crippen LogP contribution in [0, 0.1) is 0 Å². The molecule has 1 aromatic rings. The molecule has 0 spiro atoms. The minimum absolute atomic E-state index is 0.201. The fraction of sp³-hybridized carbons (Fsp3) is 0.500. The minimum atomic E-state index is 0.201. The Kier molecular flexibility index (Phi) is 3.21. The van der Waals surface area contributed by atoms with Gasteiger partial charge in [0.1, 0.15) is 0 Å². The summed E-state index contributed by atoms with van der Waals surface area (Å²) in [6, 6.07) is 2.13. The van der Waals surface area contributed by atoms with Gasteiger partial charge < -0.3 is 5.32 Å². The van der Waals surface area contributed by atoms with E-state index in [0.717, 1.165) is 18.5 Å². The van der Waals surface area contributed by atoms with Gasteiger partial charge in [-0.25, -0.2) is 0 Å². The number of hydrogen-bond acceptors (Lipinski definition) is 3. The van der Waals surface area contributed by atoms with Crippen LogP contribution in [0.5, 0.6) is 0 Å². The average molecular weight is 230 g/mol. The lowest BCUT2D eigenvalue weighted by atomic mass is 10.1. The Morgan fingerprint density at radius 2 is 2.57 bits per heavy atom. The van der Waals surface area contributed by atoms with Crippen LogP contribution < -0.4 is 5.32 Å². The molecule has 2 rings (SSSR count). The molecule has 1 aliphatic heterocycles. The molecule has 4 heteroatoms. The predicted octanol–water partition coefficient (Wildman–Crippen LogP) is 2.73. The summed E-state index contributed by atoms with van der Waals surface area (Å²) in [4.78, 5) is 11.7. The molecule has 1 N–H and O–H groups in total. The van der Waals surface area contributed by atoms with Crippen molar-refractivity contribution in [2.24, 2.45) is 0 Å². The molecular weight excluding hydrogens is 218 g/mol. The molecule has 1 fully saturated rings. The lowest BCUT2D eigenvalue weighted by Gasteiger charge is -2.07. The summed E-state index contributed by atoms with van der Waals surface area (Å²) >= 11 is 7.19. The molecule has 0 radical (unpaired) electrons. The number of thiophene rings is 1. The fourth-order valence-electron chi connectivity index (χ4n) is 1.73. The first-order chi connectivity index (χ1) is 6.75. The molecule has 0 bridgehead atoms. The van der Waals surface area contributed by atoms with Crippen molar-refractivity contribution in [2.75, 3.05) is 6.54 Å². The largest absolute Gasteiger partial charge is 0.314 e. The van der Waals surface area contributed by atoms with E-state index < -0.39 is 0 Å². The van der Waals surface area contributed by atoms with E-state index >= 15 is 0 Å². The Labute approximate surface area is 92.3 Å². The molecule has 1 saturated heterocycles. The molecule has 0 aliphatic carbocycles. The molecular formula is C10H12ClNOS. The molecule has 76 valence electrons. The van der Waals surface area contributed by atoms with Crippen LogP contribution in [0.15, 0.2) is 11.4 Å². The SMILES string of the molecule is O=C(CC1CCCN1)c1csc(Cl)c1. The highest BCUT2D eigenvalue weighted by atomic mass is 35.5. The molecule has 14 heavy (non-hydrogen) atoms. The van der Waals surface area contributed by atoms with E-state index in [1.54, 1.807) is 6.07 Å². The number of nitrogens with one attached hydrogen (secondary N) is 1. The standard InChI is InChI=1S/C10H12ClNOS/c11-10-4-7(6-14-10)9(13)5-8-2-1-3-12-8/h4,6,8,12H,1-3,5H2. The van der Waals surface area contributed by atoms with Crippen LogP contribution in [0.2, 0.25) is 4.34 Å². The number of hydrogen-bond donors (Lipinski definition) is 1. The van der Waals surface area contributed by atoms with Crippen molar-refractivity contribution in [1.82, 2.24) is 5.32 Å². The Bertz CT molecular complexity index is 331. The van der Waals surface area contributed by atoms with Crippen molar-refractivity contribution in [1.29, 1.82) is 0 Å². The van der Waals surface area contributed by atoms with Crippen LogP contribution in [0.3, 0.4) is 0 Å². The number of halogens is 1. The maximum absolute atomic E-state index is 11.7. The number of Topliss-reactive ketones (excluding diaryl/α,β-unsaturated/α-hetero) is 1. The third-order valence-electron chi connectivity index (χ3n) is 2.48. The van der Waals surface area contributed by atoms with E-state index in [-0.39, 0.29) is 5.78 Å². The second kappa shape index (κ2) is 4.43. The Morgan fingerprint density at radius 3 is 3.14 bits per heavy atom. The van der Waals surface area contributed by atoms with Crippen molar-refractivity contribution in [3.05, 3.63) is 21.3 Å². The molecule has 1 unspecified atom stereocenters. The van der Waals surface area contributed by atoms with E-state index in [1.165, 1.54) is 17.8 Å². The van der Waals surface area contributed by atoms with Crippen molar-refractivity contribution in [3.8, 4) is 0 Å². The number of ketones is 1. The van der Waals surface area contributed by atoms with Crippen LogP contribution >= 0.6 is 22.9 Å². The summed E-state index contributed by atoms with van der Waals surface area (Å²) in [5.74, 6) is 0.201. The fourth-order valence-corrected chi connectivity index (χ4v) is 2.61. The van der Waals surface area contributed by atoms with Gasteiger partial charge in [0.2, 0.25) is 0 Å². The van der Waals surface area contributed by atoms with Crippen LogP contribution in [-0.2, 0) is 0 Å². The van der Waals surface area contributed by atoms with Crippen LogP contribution in [0.4, 0.5) is 0 Å². The maximum Gasteiger partial charge on any atom is 0.165 e. The van der Waals surface area contributed by atoms with Gasteiger partial charge in [0.05, 0.1) is 4.34 Å². The van der Waals surface area contributed by atoms with Gasteiger partial charge in [0.15, 0.2) is 5.78 Å². The summed E-state index contributed by atoms with van der Waals surface area (Å²) in [6.07, 6.45) is 2.90. The molecule has 0 amide bonds. The molecule has 0 aromatic carbocycles. The Morgan fingerprint density at radius 1 is 1.71 bits per heavy atom. The zero-order chi connectivity index (χ0) is 9.97. The highest BCUT2D eigenvalue weighted by molar-refractivity contribution is 7.14. The molecule has 1 atom stereocenters. The molecule has 2 heterocycles. The van der Waals surface area contributed by atoms with Crippen molar-refractivity contribution in [3.63, 3.8) is 0 Å². The van der Waals surface area contributed by atoms with Gasteiger partial charge in [-0.15, -0.1) is 11.3 Å². The van der Waals surface area contributed by atoms with Gasteiger partial charge in [-0.2, -0.15) is 0 Å². The van der Waals surface area contributed by atoms with Gasteiger partial charge in [0, 0.05) is 23.4 Å². The van der Waals surface area contributed by atoms with Crippen molar-refractivity contribution < 1.29 is 4.79 Å². The smallest absolute Gasteiger partial charge is 0.165 e. The first-order valence-corrected chi connectivity index (χ1v) is 6.02. The van der Waals surface area contributed by atoms with Crippen LogP contribution in [-0.4, -0.2) is 18.4 Å². The van der Waals surface area contributed by atoms with Crippen molar-refractivity contribution in [2.45, 2.75) is 25.3 Å². The summed E-state index contributed by atoms with van der Waals surface area (Å²) in [5, 5.41) is 5.15. The quantitative estimate of drug-likeness (QED) is 0.808.